The molecule has 22 heavy (non-hydrogen) atoms. The molecule has 5 nitrogen and oxygen atoms in total. The van der Waals surface area contributed by atoms with Crippen molar-refractivity contribution in [2.45, 2.75) is 30.7 Å². The fourth-order valence-corrected chi connectivity index (χ4v) is 7.22. The van der Waals surface area contributed by atoms with Crippen LogP contribution in [0.4, 0.5) is 0 Å². The van der Waals surface area contributed by atoms with Gasteiger partial charge in [-0.05, 0) is 31.5 Å². The number of hydrogen-bond acceptors (Lipinski definition) is 4. The SMILES string of the molecule is CCN([C@]1(C)CCS(=O)(=O)C1)S(=O)(=O)c1ccc(Cl)c(Cl)c1. The normalized spacial score (nSPS) is 24.8. The standard InChI is InChI=1S/C13H17Cl2NO4S2/c1-3-16(13(2)6-7-21(17,18)9-13)22(19,20)10-4-5-11(14)12(15)8-10/h4-5,8H,3,6-7,9H2,1-2H3/t13-/m1/s1. The summed E-state index contributed by atoms with van der Waals surface area (Å²) >= 11 is 11.7. The second kappa shape index (κ2) is 5.94. The molecule has 0 spiro atoms. The molecule has 0 amide bonds. The summed E-state index contributed by atoms with van der Waals surface area (Å²) in [5.74, 6) is -0.175. The van der Waals surface area contributed by atoms with Crippen LogP contribution in [0.25, 0.3) is 0 Å². The zero-order valence-electron chi connectivity index (χ0n) is 12.2. The molecule has 1 fully saturated rings. The molecule has 1 heterocycles. The Balaban J connectivity index is 2.48. The second-order valence-corrected chi connectivity index (χ2v) is 10.4. The van der Waals surface area contributed by atoms with Gasteiger partial charge in [-0.25, -0.2) is 16.8 Å². The molecule has 0 unspecified atom stereocenters. The van der Waals surface area contributed by atoms with Crippen molar-refractivity contribution < 1.29 is 16.8 Å². The van der Waals surface area contributed by atoms with Gasteiger partial charge in [-0.15, -0.1) is 0 Å². The van der Waals surface area contributed by atoms with Crippen LogP contribution in [-0.4, -0.2) is 44.7 Å². The van der Waals surface area contributed by atoms with Crippen molar-refractivity contribution in [1.29, 1.82) is 0 Å². The van der Waals surface area contributed by atoms with Gasteiger partial charge in [0.15, 0.2) is 9.84 Å². The molecule has 0 radical (unpaired) electrons. The van der Waals surface area contributed by atoms with Crippen LogP contribution in [0.1, 0.15) is 20.3 Å². The molecule has 124 valence electrons. The summed E-state index contributed by atoms with van der Waals surface area (Å²) in [5.41, 5.74) is -0.946. The van der Waals surface area contributed by atoms with E-state index in [4.69, 9.17) is 23.2 Å². The summed E-state index contributed by atoms with van der Waals surface area (Å²) in [7, 11) is -7.08. The molecule has 0 saturated carbocycles. The quantitative estimate of drug-likeness (QED) is 0.798. The number of halogens is 2. The predicted octanol–water partition coefficient (Wildman–Crippen LogP) is 2.58. The van der Waals surface area contributed by atoms with Crippen molar-refractivity contribution in [3.8, 4) is 0 Å². The van der Waals surface area contributed by atoms with Crippen LogP contribution in [0.5, 0.6) is 0 Å². The monoisotopic (exact) mass is 385 g/mol. The van der Waals surface area contributed by atoms with Crippen molar-refractivity contribution in [3.05, 3.63) is 28.2 Å². The molecule has 9 heteroatoms. The Morgan fingerprint density at radius 3 is 2.36 bits per heavy atom. The lowest BCUT2D eigenvalue weighted by Crippen LogP contribution is -2.50. The smallest absolute Gasteiger partial charge is 0.229 e. The van der Waals surface area contributed by atoms with E-state index >= 15 is 0 Å². The lowest BCUT2D eigenvalue weighted by Gasteiger charge is -2.35. The number of hydrogen-bond donors (Lipinski definition) is 0. The molecule has 1 atom stereocenters. The van der Waals surface area contributed by atoms with Gasteiger partial charge in [-0.3, -0.25) is 0 Å². The van der Waals surface area contributed by atoms with E-state index in [-0.39, 0.29) is 39.4 Å². The van der Waals surface area contributed by atoms with Crippen molar-refractivity contribution >= 4 is 43.1 Å². The lowest BCUT2D eigenvalue weighted by molar-refractivity contribution is 0.243. The van der Waals surface area contributed by atoms with Gasteiger partial charge in [-0.1, -0.05) is 30.1 Å². The Labute approximate surface area is 141 Å². The average Bonchev–Trinajstić information content (AvgIpc) is 2.67. The van der Waals surface area contributed by atoms with E-state index in [1.165, 1.54) is 22.5 Å². The van der Waals surface area contributed by atoms with Crippen LogP contribution in [-0.2, 0) is 19.9 Å². The first kappa shape index (κ1) is 18.0. The van der Waals surface area contributed by atoms with Crippen LogP contribution in [0.2, 0.25) is 10.0 Å². The van der Waals surface area contributed by atoms with Gasteiger partial charge in [-0.2, -0.15) is 4.31 Å². The van der Waals surface area contributed by atoms with Gasteiger partial charge >= 0.3 is 0 Å². The number of sulfone groups is 1. The third-order valence-corrected chi connectivity index (χ3v) is 8.61. The maximum Gasteiger partial charge on any atom is 0.243 e. The van der Waals surface area contributed by atoms with Gasteiger partial charge in [0.2, 0.25) is 10.0 Å². The molecule has 1 saturated heterocycles. The first-order chi connectivity index (χ1) is 10.0. The molecule has 0 aromatic heterocycles. The predicted molar refractivity (Wildman–Crippen MR) is 87.7 cm³/mol. The Kier molecular flexibility index (Phi) is 4.86. The number of nitrogens with zero attached hydrogens (tertiary/aromatic N) is 1. The van der Waals surface area contributed by atoms with E-state index in [0.717, 1.165) is 0 Å². The lowest BCUT2D eigenvalue weighted by atomic mass is 10.0. The molecule has 0 bridgehead atoms. The zero-order chi connectivity index (χ0) is 16.8. The molecule has 1 aliphatic heterocycles. The van der Waals surface area contributed by atoms with Gasteiger partial charge in [0, 0.05) is 12.1 Å². The fourth-order valence-electron chi connectivity index (χ4n) is 2.80. The first-order valence-corrected chi connectivity index (χ1v) is 10.7. The van der Waals surface area contributed by atoms with Crippen molar-refractivity contribution in [2.24, 2.45) is 0 Å². The Bertz CT molecular complexity index is 792. The summed E-state index contributed by atoms with van der Waals surface area (Å²) in [6, 6.07) is 4.08. The third-order valence-electron chi connectivity index (χ3n) is 3.85. The molecular weight excluding hydrogens is 369 g/mol. The van der Waals surface area contributed by atoms with E-state index in [1.54, 1.807) is 13.8 Å². The van der Waals surface area contributed by atoms with Crippen molar-refractivity contribution in [3.63, 3.8) is 0 Å². The number of rotatable bonds is 4. The number of sulfonamides is 1. The highest BCUT2D eigenvalue weighted by atomic mass is 35.5. The average molecular weight is 386 g/mol. The number of benzene rings is 1. The highest BCUT2D eigenvalue weighted by molar-refractivity contribution is 7.92. The summed E-state index contributed by atoms with van der Waals surface area (Å²) in [4.78, 5) is 0.00859. The van der Waals surface area contributed by atoms with E-state index in [1.807, 2.05) is 0 Å². The van der Waals surface area contributed by atoms with Crippen LogP contribution in [0.3, 0.4) is 0 Å². The largest absolute Gasteiger partial charge is 0.243 e. The Morgan fingerprint density at radius 2 is 1.91 bits per heavy atom. The first-order valence-electron chi connectivity index (χ1n) is 6.70. The highest BCUT2D eigenvalue weighted by Gasteiger charge is 2.47. The summed E-state index contributed by atoms with van der Waals surface area (Å²) in [6.45, 7) is 3.52. The molecule has 1 aromatic carbocycles. The van der Waals surface area contributed by atoms with Gasteiger partial charge < -0.3 is 0 Å². The van der Waals surface area contributed by atoms with E-state index in [2.05, 4.69) is 0 Å². The van der Waals surface area contributed by atoms with Crippen LogP contribution in [0.15, 0.2) is 23.1 Å². The van der Waals surface area contributed by atoms with E-state index in [9.17, 15) is 16.8 Å². The minimum atomic E-state index is -3.86. The molecule has 1 aromatic rings. The zero-order valence-corrected chi connectivity index (χ0v) is 15.4. The summed E-state index contributed by atoms with van der Waals surface area (Å²) in [6.07, 6.45) is 0.281. The van der Waals surface area contributed by atoms with Crippen molar-refractivity contribution in [1.82, 2.24) is 4.31 Å². The summed E-state index contributed by atoms with van der Waals surface area (Å²) < 4.78 is 50.5. The highest BCUT2D eigenvalue weighted by Crippen LogP contribution is 2.35. The second-order valence-electron chi connectivity index (χ2n) is 5.58. The van der Waals surface area contributed by atoms with E-state index in [0.29, 0.717) is 0 Å². The van der Waals surface area contributed by atoms with Gasteiger partial charge in [0.1, 0.15) is 0 Å². The van der Waals surface area contributed by atoms with E-state index < -0.39 is 25.4 Å². The Morgan fingerprint density at radius 1 is 1.27 bits per heavy atom. The van der Waals surface area contributed by atoms with Gasteiger partial charge in [0.25, 0.3) is 0 Å². The minimum absolute atomic E-state index is 0.00308. The molecule has 0 N–H and O–H groups in total. The molecule has 1 aliphatic rings. The third kappa shape index (κ3) is 3.28. The van der Waals surface area contributed by atoms with Crippen molar-refractivity contribution in [2.75, 3.05) is 18.1 Å². The maximum absolute atomic E-state index is 12.9. The molecular formula is C13H17Cl2NO4S2. The summed E-state index contributed by atoms with van der Waals surface area (Å²) in [5, 5.41) is 0.404. The molecule has 2 rings (SSSR count). The van der Waals surface area contributed by atoms with Crippen LogP contribution >= 0.6 is 23.2 Å². The van der Waals surface area contributed by atoms with Crippen LogP contribution < -0.4 is 0 Å². The Hall–Kier alpha value is -0.340. The molecule has 0 aliphatic carbocycles. The fraction of sp³-hybridized carbons (Fsp3) is 0.538. The maximum atomic E-state index is 12.9. The minimum Gasteiger partial charge on any atom is -0.229 e. The van der Waals surface area contributed by atoms with Crippen LogP contribution in [0, 0.1) is 0 Å². The topological polar surface area (TPSA) is 71.5 Å². The van der Waals surface area contributed by atoms with Gasteiger partial charge in [0.05, 0.1) is 26.4 Å².